The predicted molar refractivity (Wildman–Crippen MR) is 75.6 cm³/mol. The molecule has 0 bridgehead atoms. The lowest BCUT2D eigenvalue weighted by Gasteiger charge is -2.41. The van der Waals surface area contributed by atoms with Gasteiger partial charge in [-0.3, -0.25) is 9.19 Å². The first-order valence-electron chi connectivity index (χ1n) is 6.22. The normalized spacial score (nSPS) is 23.1. The zero-order valence-electron chi connectivity index (χ0n) is 10.7. The molecule has 1 aromatic heterocycles. The van der Waals surface area contributed by atoms with Gasteiger partial charge in [-0.05, 0) is 12.8 Å². The van der Waals surface area contributed by atoms with Gasteiger partial charge in [0.05, 0.1) is 17.1 Å². The van der Waals surface area contributed by atoms with Gasteiger partial charge >= 0.3 is 0 Å². The Labute approximate surface area is 115 Å². The standard InChI is InChI=1S/C12H18ClN3OS/c1-3-12(4-2)9-16(5-6-18(12)17)11-8-14-7-10(13)15-11/h7-8H,3-6,9H2,1-2H3. The van der Waals surface area contributed by atoms with Crippen molar-refractivity contribution >= 4 is 28.2 Å². The van der Waals surface area contributed by atoms with Gasteiger partial charge in [-0.15, -0.1) is 0 Å². The highest BCUT2D eigenvalue weighted by atomic mass is 35.5. The van der Waals surface area contributed by atoms with Crippen LogP contribution in [0.2, 0.25) is 5.15 Å². The van der Waals surface area contributed by atoms with E-state index in [0.29, 0.717) is 10.9 Å². The lowest BCUT2D eigenvalue weighted by Crippen LogP contribution is -2.53. The first-order valence-corrected chi connectivity index (χ1v) is 7.92. The summed E-state index contributed by atoms with van der Waals surface area (Å²) in [5.74, 6) is 1.47. The fourth-order valence-corrected chi connectivity index (χ4v) is 4.29. The van der Waals surface area contributed by atoms with Gasteiger partial charge in [-0.1, -0.05) is 25.4 Å². The maximum atomic E-state index is 12.2. The van der Waals surface area contributed by atoms with E-state index in [2.05, 4.69) is 28.7 Å². The molecular formula is C12H18ClN3OS. The highest BCUT2D eigenvalue weighted by molar-refractivity contribution is 7.86. The third kappa shape index (κ3) is 2.52. The van der Waals surface area contributed by atoms with E-state index in [4.69, 9.17) is 11.6 Å². The number of aromatic nitrogens is 2. The molecule has 2 heterocycles. The summed E-state index contributed by atoms with van der Waals surface area (Å²) in [6.45, 7) is 5.73. The van der Waals surface area contributed by atoms with Crippen LogP contribution in [-0.2, 0) is 10.8 Å². The van der Waals surface area contributed by atoms with E-state index in [0.717, 1.165) is 31.7 Å². The zero-order valence-corrected chi connectivity index (χ0v) is 12.3. The molecule has 0 amide bonds. The molecule has 0 aliphatic carbocycles. The fourth-order valence-electron chi connectivity index (χ4n) is 2.38. The van der Waals surface area contributed by atoms with Gasteiger partial charge in [0.25, 0.3) is 0 Å². The minimum Gasteiger partial charge on any atom is -0.353 e. The third-order valence-corrected chi connectivity index (χ3v) is 6.12. The molecule has 100 valence electrons. The SMILES string of the molecule is CCC1(CC)CN(c2cncc(Cl)n2)CCS1=O. The summed E-state index contributed by atoms with van der Waals surface area (Å²) in [5, 5.41) is 0.401. The molecule has 1 unspecified atom stereocenters. The van der Waals surface area contributed by atoms with Crippen LogP contribution < -0.4 is 4.90 Å². The van der Waals surface area contributed by atoms with Gasteiger partial charge in [0.15, 0.2) is 0 Å². The minimum atomic E-state index is -0.759. The van der Waals surface area contributed by atoms with Crippen molar-refractivity contribution in [1.82, 2.24) is 9.97 Å². The van der Waals surface area contributed by atoms with E-state index in [1.807, 2.05) is 0 Å². The molecule has 0 aromatic carbocycles. The first kappa shape index (κ1) is 13.7. The minimum absolute atomic E-state index is 0.123. The van der Waals surface area contributed by atoms with Crippen molar-refractivity contribution in [2.24, 2.45) is 0 Å². The molecule has 0 spiro atoms. The van der Waals surface area contributed by atoms with Crippen LogP contribution in [0.1, 0.15) is 26.7 Å². The Kier molecular flexibility index (Phi) is 4.22. The molecule has 1 fully saturated rings. The second-order valence-electron chi connectivity index (χ2n) is 4.56. The van der Waals surface area contributed by atoms with Crippen LogP contribution in [0.5, 0.6) is 0 Å². The molecule has 0 N–H and O–H groups in total. The number of nitrogens with zero attached hydrogens (tertiary/aromatic N) is 3. The zero-order chi connectivity index (χ0) is 13.2. The molecule has 1 aliphatic heterocycles. The van der Waals surface area contributed by atoms with Crippen molar-refractivity contribution in [2.75, 3.05) is 23.7 Å². The molecule has 1 saturated heterocycles. The Hall–Kier alpha value is -0.680. The van der Waals surface area contributed by atoms with E-state index >= 15 is 0 Å². The molecule has 6 heteroatoms. The van der Waals surface area contributed by atoms with E-state index in [1.54, 1.807) is 6.20 Å². The monoisotopic (exact) mass is 287 g/mol. The van der Waals surface area contributed by atoms with Crippen LogP contribution in [0, 0.1) is 0 Å². The largest absolute Gasteiger partial charge is 0.353 e. The van der Waals surface area contributed by atoms with Crippen LogP contribution in [-0.4, -0.2) is 37.8 Å². The average Bonchev–Trinajstić information content (AvgIpc) is 2.40. The van der Waals surface area contributed by atoms with Crippen molar-refractivity contribution in [3.05, 3.63) is 17.5 Å². The number of hydrogen-bond acceptors (Lipinski definition) is 4. The van der Waals surface area contributed by atoms with Crippen molar-refractivity contribution in [3.63, 3.8) is 0 Å². The summed E-state index contributed by atoms with van der Waals surface area (Å²) in [6.07, 6.45) is 5.08. The summed E-state index contributed by atoms with van der Waals surface area (Å²) >= 11 is 5.87. The maximum absolute atomic E-state index is 12.2. The summed E-state index contributed by atoms with van der Waals surface area (Å²) in [6, 6.07) is 0. The summed E-state index contributed by atoms with van der Waals surface area (Å²) in [5.41, 5.74) is 0. The molecule has 1 aromatic rings. The van der Waals surface area contributed by atoms with Crippen LogP contribution in [0.25, 0.3) is 0 Å². The molecule has 18 heavy (non-hydrogen) atoms. The van der Waals surface area contributed by atoms with Crippen LogP contribution >= 0.6 is 11.6 Å². The van der Waals surface area contributed by atoms with Crippen molar-refractivity contribution in [1.29, 1.82) is 0 Å². The summed E-state index contributed by atoms with van der Waals surface area (Å²) in [7, 11) is -0.759. The molecule has 0 saturated carbocycles. The van der Waals surface area contributed by atoms with Gasteiger partial charge in [-0.25, -0.2) is 4.98 Å². The van der Waals surface area contributed by atoms with Crippen LogP contribution in [0.4, 0.5) is 5.82 Å². The van der Waals surface area contributed by atoms with E-state index in [1.165, 1.54) is 6.20 Å². The van der Waals surface area contributed by atoms with Crippen LogP contribution in [0.15, 0.2) is 12.4 Å². The number of hydrogen-bond donors (Lipinski definition) is 0. The maximum Gasteiger partial charge on any atom is 0.149 e. The highest BCUT2D eigenvalue weighted by Crippen LogP contribution is 2.30. The lowest BCUT2D eigenvalue weighted by molar-refractivity contribution is 0.494. The molecule has 0 radical (unpaired) electrons. The second-order valence-corrected chi connectivity index (χ2v) is 6.91. The second kappa shape index (κ2) is 5.53. The number of anilines is 1. The highest BCUT2D eigenvalue weighted by Gasteiger charge is 2.39. The molecule has 4 nitrogen and oxygen atoms in total. The topological polar surface area (TPSA) is 46.1 Å². The molecule has 1 aliphatic rings. The van der Waals surface area contributed by atoms with Gasteiger partial charge in [0, 0.05) is 29.6 Å². The number of halogens is 1. The molecule has 2 rings (SSSR count). The van der Waals surface area contributed by atoms with Crippen molar-refractivity contribution < 1.29 is 4.21 Å². The lowest BCUT2D eigenvalue weighted by atomic mass is 10.0. The van der Waals surface area contributed by atoms with Gasteiger partial charge in [0.2, 0.25) is 0 Å². The number of rotatable bonds is 3. The van der Waals surface area contributed by atoms with Gasteiger partial charge in [0.1, 0.15) is 11.0 Å². The van der Waals surface area contributed by atoms with E-state index in [-0.39, 0.29) is 4.75 Å². The Morgan fingerprint density at radius 1 is 1.44 bits per heavy atom. The quantitative estimate of drug-likeness (QED) is 0.855. The smallest absolute Gasteiger partial charge is 0.149 e. The molecular weight excluding hydrogens is 270 g/mol. The Balaban J connectivity index is 2.24. The van der Waals surface area contributed by atoms with Gasteiger partial charge < -0.3 is 4.90 Å². The Morgan fingerprint density at radius 3 is 2.78 bits per heavy atom. The van der Waals surface area contributed by atoms with Crippen molar-refractivity contribution in [3.8, 4) is 0 Å². The van der Waals surface area contributed by atoms with Crippen molar-refractivity contribution in [2.45, 2.75) is 31.4 Å². The summed E-state index contributed by atoms with van der Waals surface area (Å²) < 4.78 is 12.1. The van der Waals surface area contributed by atoms with E-state index < -0.39 is 10.8 Å². The van der Waals surface area contributed by atoms with E-state index in [9.17, 15) is 4.21 Å². The van der Waals surface area contributed by atoms with Crippen LogP contribution in [0.3, 0.4) is 0 Å². The first-order chi connectivity index (χ1) is 8.61. The Morgan fingerprint density at radius 2 is 2.17 bits per heavy atom. The fraction of sp³-hybridized carbons (Fsp3) is 0.667. The Bertz CT molecular complexity index is 451. The van der Waals surface area contributed by atoms with Gasteiger partial charge in [-0.2, -0.15) is 0 Å². The third-order valence-electron chi connectivity index (χ3n) is 3.71. The summed E-state index contributed by atoms with van der Waals surface area (Å²) in [4.78, 5) is 10.5. The predicted octanol–water partition coefficient (Wildman–Crippen LogP) is 2.26. The average molecular weight is 288 g/mol. The molecule has 1 atom stereocenters.